The van der Waals surface area contributed by atoms with Gasteiger partial charge in [0, 0.05) is 11.0 Å². The van der Waals surface area contributed by atoms with Gasteiger partial charge >= 0.3 is 0 Å². The minimum absolute atomic E-state index is 0.0161. The molecule has 27 heavy (non-hydrogen) atoms. The lowest BCUT2D eigenvalue weighted by Crippen LogP contribution is -2.49. The molecule has 0 unspecified atom stereocenters. The Bertz CT molecular complexity index is 838. The monoisotopic (exact) mass is 467 g/mol. The third-order valence-electron chi connectivity index (χ3n) is 3.26. The minimum Gasteiger partial charge on any atom is -0.483 e. The molecule has 6 nitrogen and oxygen atoms in total. The number of hydrogen-bond donors (Lipinski definition) is 3. The molecule has 0 fully saturated rings. The first kappa shape index (κ1) is 21.1. The number of nitrogens with one attached hydrogen (secondary N) is 3. The van der Waals surface area contributed by atoms with Crippen molar-refractivity contribution in [2.45, 2.75) is 13.3 Å². The van der Waals surface area contributed by atoms with Crippen LogP contribution >= 0.6 is 39.5 Å². The van der Waals surface area contributed by atoms with E-state index in [0.717, 1.165) is 21.3 Å². The van der Waals surface area contributed by atoms with E-state index in [2.05, 4.69) is 39.0 Å². The van der Waals surface area contributed by atoms with Crippen molar-refractivity contribution in [1.29, 1.82) is 0 Å². The number of aryl methyl sites for hydroxylation is 1. The van der Waals surface area contributed by atoms with Gasteiger partial charge in [-0.25, -0.2) is 0 Å². The highest BCUT2D eigenvalue weighted by atomic mass is 79.9. The second-order valence-corrected chi connectivity index (χ2v) is 7.49. The number of carbonyl (C=O) groups is 2. The first-order chi connectivity index (χ1) is 13.0. The van der Waals surface area contributed by atoms with E-state index < -0.39 is 11.8 Å². The van der Waals surface area contributed by atoms with Crippen LogP contribution in [0.15, 0.2) is 46.3 Å². The highest BCUT2D eigenvalue weighted by Crippen LogP contribution is 2.26. The quantitative estimate of drug-likeness (QED) is 0.345. The van der Waals surface area contributed by atoms with Crippen molar-refractivity contribution in [2.24, 2.45) is 0 Å². The van der Waals surface area contributed by atoms with Gasteiger partial charge in [0.2, 0.25) is 5.91 Å². The molecule has 9 heteroatoms. The molecule has 0 spiro atoms. The molecule has 3 N–H and O–H groups in total. The summed E-state index contributed by atoms with van der Waals surface area (Å²) in [6.07, 6.45) is 3.95. The standard InChI is InChI=1S/C18H18BrN3O3S2/c1-2-12-5-7-15(14(19)10-12)25-11-17(24)21-22-18(26)20-16(23)8-6-13-4-3-9-27-13/h3-10H,2,11H2,1H3,(H,21,24)(H2,20,22,23,26)/b8-6+. The van der Waals surface area contributed by atoms with Gasteiger partial charge in [-0.05, 0) is 69.8 Å². The highest BCUT2D eigenvalue weighted by molar-refractivity contribution is 9.10. The fourth-order valence-corrected chi connectivity index (χ4v) is 3.23. The van der Waals surface area contributed by atoms with Gasteiger partial charge in [-0.3, -0.25) is 25.8 Å². The third kappa shape index (κ3) is 7.49. The maximum atomic E-state index is 11.8. The Kier molecular flexibility index (Phi) is 8.43. The average Bonchev–Trinajstić information content (AvgIpc) is 3.17. The number of hydrogen-bond acceptors (Lipinski definition) is 5. The molecule has 2 aromatic rings. The summed E-state index contributed by atoms with van der Waals surface area (Å²) in [5.74, 6) is -0.268. The zero-order valence-electron chi connectivity index (χ0n) is 14.5. The van der Waals surface area contributed by atoms with E-state index in [1.807, 2.05) is 29.6 Å². The molecule has 0 aliphatic carbocycles. The van der Waals surface area contributed by atoms with E-state index in [-0.39, 0.29) is 11.7 Å². The molecule has 1 aromatic heterocycles. The van der Waals surface area contributed by atoms with Crippen molar-refractivity contribution in [2.75, 3.05) is 6.61 Å². The van der Waals surface area contributed by atoms with E-state index in [9.17, 15) is 9.59 Å². The van der Waals surface area contributed by atoms with E-state index in [4.69, 9.17) is 17.0 Å². The van der Waals surface area contributed by atoms with Gasteiger partial charge in [0.05, 0.1) is 4.47 Å². The van der Waals surface area contributed by atoms with Crippen LogP contribution in [-0.2, 0) is 16.0 Å². The predicted molar refractivity (Wildman–Crippen MR) is 114 cm³/mol. The van der Waals surface area contributed by atoms with Crippen molar-refractivity contribution in [3.05, 3.63) is 56.7 Å². The summed E-state index contributed by atoms with van der Waals surface area (Å²) >= 11 is 9.88. The topological polar surface area (TPSA) is 79.5 Å². The summed E-state index contributed by atoms with van der Waals surface area (Å²) in [4.78, 5) is 24.5. The molecule has 2 amide bonds. The summed E-state index contributed by atoms with van der Waals surface area (Å²) in [7, 11) is 0. The second-order valence-electron chi connectivity index (χ2n) is 5.25. The van der Waals surface area contributed by atoms with Crippen LogP contribution in [0.3, 0.4) is 0 Å². The third-order valence-corrected chi connectivity index (χ3v) is 4.92. The van der Waals surface area contributed by atoms with Crippen molar-refractivity contribution >= 4 is 62.5 Å². The Balaban J connectivity index is 1.70. The van der Waals surface area contributed by atoms with Gasteiger partial charge < -0.3 is 4.74 Å². The first-order valence-electron chi connectivity index (χ1n) is 8.00. The summed E-state index contributed by atoms with van der Waals surface area (Å²) < 4.78 is 6.23. The summed E-state index contributed by atoms with van der Waals surface area (Å²) in [6, 6.07) is 9.46. The van der Waals surface area contributed by atoms with Crippen LogP contribution in [0, 0.1) is 0 Å². The molecule has 0 aliphatic heterocycles. The molecule has 0 radical (unpaired) electrons. The Labute approximate surface area is 175 Å². The lowest BCUT2D eigenvalue weighted by molar-refractivity contribution is -0.123. The largest absolute Gasteiger partial charge is 0.483 e. The number of carbonyl (C=O) groups excluding carboxylic acids is 2. The van der Waals surface area contributed by atoms with Crippen LogP contribution in [0.4, 0.5) is 0 Å². The van der Waals surface area contributed by atoms with Crippen LogP contribution in [0.5, 0.6) is 5.75 Å². The van der Waals surface area contributed by atoms with Crippen molar-refractivity contribution in [3.8, 4) is 5.75 Å². The second kappa shape index (κ2) is 10.8. The Hall–Kier alpha value is -2.23. The fourth-order valence-electron chi connectivity index (χ4n) is 1.92. The molecular formula is C18H18BrN3O3S2. The Morgan fingerprint density at radius 1 is 1.30 bits per heavy atom. The van der Waals surface area contributed by atoms with Crippen LogP contribution in [0.25, 0.3) is 6.08 Å². The van der Waals surface area contributed by atoms with Crippen molar-refractivity contribution in [1.82, 2.24) is 16.2 Å². The van der Waals surface area contributed by atoms with E-state index in [1.165, 1.54) is 17.4 Å². The zero-order valence-corrected chi connectivity index (χ0v) is 17.7. The first-order valence-corrected chi connectivity index (χ1v) is 10.1. The molecule has 1 aromatic carbocycles. The number of rotatable bonds is 6. The van der Waals surface area contributed by atoms with Gasteiger partial charge in [0.15, 0.2) is 11.7 Å². The van der Waals surface area contributed by atoms with Crippen molar-refractivity contribution < 1.29 is 14.3 Å². The van der Waals surface area contributed by atoms with Crippen LogP contribution in [0.1, 0.15) is 17.4 Å². The van der Waals surface area contributed by atoms with E-state index in [1.54, 1.807) is 12.1 Å². The van der Waals surface area contributed by atoms with E-state index >= 15 is 0 Å². The van der Waals surface area contributed by atoms with Gasteiger partial charge in [-0.1, -0.05) is 19.1 Å². The number of benzene rings is 1. The maximum Gasteiger partial charge on any atom is 0.276 e. The van der Waals surface area contributed by atoms with Gasteiger partial charge in [-0.2, -0.15) is 0 Å². The summed E-state index contributed by atoms with van der Waals surface area (Å²) in [5.41, 5.74) is 5.98. The Morgan fingerprint density at radius 2 is 2.11 bits per heavy atom. The predicted octanol–water partition coefficient (Wildman–Crippen LogP) is 3.19. The molecule has 0 aliphatic rings. The SMILES string of the molecule is CCc1ccc(OCC(=O)NNC(=S)NC(=O)/C=C/c2cccs2)c(Br)c1. The maximum absolute atomic E-state index is 11.8. The van der Waals surface area contributed by atoms with Crippen LogP contribution in [0.2, 0.25) is 0 Å². The van der Waals surface area contributed by atoms with Gasteiger partial charge in [0.1, 0.15) is 5.75 Å². The molecule has 0 atom stereocenters. The lowest BCUT2D eigenvalue weighted by Gasteiger charge is -2.11. The Morgan fingerprint density at radius 3 is 2.78 bits per heavy atom. The number of hydrazine groups is 1. The smallest absolute Gasteiger partial charge is 0.276 e. The number of amides is 2. The van der Waals surface area contributed by atoms with Crippen LogP contribution in [-0.4, -0.2) is 23.5 Å². The number of thiocarbonyl (C=S) groups is 1. The molecule has 0 saturated heterocycles. The number of halogens is 1. The minimum atomic E-state index is -0.438. The zero-order chi connectivity index (χ0) is 19.6. The fraction of sp³-hybridized carbons (Fsp3) is 0.167. The summed E-state index contributed by atoms with van der Waals surface area (Å²) in [6.45, 7) is 1.85. The molecule has 2 rings (SSSR count). The van der Waals surface area contributed by atoms with Crippen molar-refractivity contribution in [3.63, 3.8) is 0 Å². The lowest BCUT2D eigenvalue weighted by atomic mass is 10.2. The van der Waals surface area contributed by atoms with Gasteiger partial charge in [0.25, 0.3) is 5.91 Å². The van der Waals surface area contributed by atoms with Crippen LogP contribution < -0.4 is 20.9 Å². The number of ether oxygens (including phenoxy) is 1. The normalized spacial score (nSPS) is 10.4. The van der Waals surface area contributed by atoms with E-state index in [0.29, 0.717) is 5.75 Å². The molecule has 0 bridgehead atoms. The highest BCUT2D eigenvalue weighted by Gasteiger charge is 2.07. The average molecular weight is 468 g/mol. The molecule has 0 saturated carbocycles. The molecule has 1 heterocycles. The summed E-state index contributed by atoms with van der Waals surface area (Å²) in [5, 5.41) is 4.33. The van der Waals surface area contributed by atoms with Gasteiger partial charge in [-0.15, -0.1) is 11.3 Å². The molecule has 142 valence electrons. The number of thiophene rings is 1. The molecular weight excluding hydrogens is 450 g/mol.